The first-order valence-corrected chi connectivity index (χ1v) is 5.65. The second-order valence-electron chi connectivity index (χ2n) is 3.59. The van der Waals surface area contributed by atoms with Crippen molar-refractivity contribution in [2.24, 2.45) is 0 Å². The number of carbonyl (C=O) groups is 1. The molecule has 0 aliphatic heterocycles. The average molecular weight is 254 g/mol. The summed E-state index contributed by atoms with van der Waals surface area (Å²) >= 11 is 1.12. The summed E-state index contributed by atoms with van der Waals surface area (Å²) in [6.07, 6.45) is 0. The molecule has 1 heterocycles. The summed E-state index contributed by atoms with van der Waals surface area (Å²) in [6.45, 7) is 1.53. The van der Waals surface area contributed by atoms with Gasteiger partial charge in [0.2, 0.25) is 0 Å². The quantitative estimate of drug-likeness (QED) is 0.887. The van der Waals surface area contributed by atoms with Crippen LogP contribution in [0, 0.1) is 18.6 Å². The molecule has 1 aromatic heterocycles. The Morgan fingerprint density at radius 3 is 2.53 bits per heavy atom. The van der Waals surface area contributed by atoms with Gasteiger partial charge in [0.15, 0.2) is 0 Å². The molecule has 0 saturated carbocycles. The van der Waals surface area contributed by atoms with Gasteiger partial charge in [-0.15, -0.1) is 11.3 Å². The molecule has 2 rings (SSSR count). The third kappa shape index (κ3) is 2.19. The zero-order valence-electron chi connectivity index (χ0n) is 8.83. The molecule has 0 aliphatic rings. The summed E-state index contributed by atoms with van der Waals surface area (Å²) in [5.41, 5.74) is 0.652. The summed E-state index contributed by atoms with van der Waals surface area (Å²) in [5.74, 6) is -2.36. The van der Waals surface area contributed by atoms with Crippen molar-refractivity contribution in [3.63, 3.8) is 0 Å². The van der Waals surface area contributed by atoms with E-state index in [1.165, 1.54) is 24.4 Å². The van der Waals surface area contributed by atoms with Crippen molar-refractivity contribution in [3.8, 4) is 10.4 Å². The number of carboxylic acids is 1. The minimum atomic E-state index is -1.06. The predicted octanol–water partition coefficient (Wildman–Crippen LogP) is 3.70. The Morgan fingerprint density at radius 2 is 1.94 bits per heavy atom. The van der Waals surface area contributed by atoms with Crippen LogP contribution in [-0.2, 0) is 0 Å². The summed E-state index contributed by atoms with van der Waals surface area (Å²) in [5, 5.41) is 10.2. The first kappa shape index (κ1) is 11.7. The second kappa shape index (κ2) is 4.25. The van der Waals surface area contributed by atoms with E-state index in [2.05, 4.69) is 0 Å². The average Bonchev–Trinajstić information content (AvgIpc) is 2.72. The topological polar surface area (TPSA) is 37.3 Å². The van der Waals surface area contributed by atoms with E-state index in [0.29, 0.717) is 10.4 Å². The maximum Gasteiger partial charge on any atom is 0.336 e. The molecule has 0 unspecified atom stereocenters. The third-order valence-corrected chi connectivity index (χ3v) is 3.32. The Morgan fingerprint density at radius 1 is 1.24 bits per heavy atom. The van der Waals surface area contributed by atoms with Crippen LogP contribution in [0.4, 0.5) is 8.78 Å². The molecule has 1 aromatic carbocycles. The smallest absolute Gasteiger partial charge is 0.336 e. The fourth-order valence-corrected chi connectivity index (χ4v) is 2.34. The Bertz CT molecular complexity index is 590. The molecule has 88 valence electrons. The van der Waals surface area contributed by atoms with Crippen molar-refractivity contribution in [1.29, 1.82) is 0 Å². The van der Waals surface area contributed by atoms with Gasteiger partial charge in [-0.2, -0.15) is 0 Å². The molecule has 0 amide bonds. The standard InChI is InChI=1S/C12H8F2O2S/c1-6-2-8(10(14)4-9(6)13)11-3-7(5-17-11)12(15)16/h2-5H,1H3,(H,15,16). The fraction of sp³-hybridized carbons (Fsp3) is 0.0833. The van der Waals surface area contributed by atoms with E-state index in [1.54, 1.807) is 0 Å². The van der Waals surface area contributed by atoms with Gasteiger partial charge in [0, 0.05) is 21.9 Å². The van der Waals surface area contributed by atoms with Crippen LogP contribution in [0.15, 0.2) is 23.6 Å². The molecular weight excluding hydrogens is 246 g/mol. The zero-order valence-corrected chi connectivity index (χ0v) is 9.65. The molecule has 1 N–H and O–H groups in total. The SMILES string of the molecule is Cc1cc(-c2cc(C(=O)O)cs2)c(F)cc1F. The Hall–Kier alpha value is -1.75. The lowest BCUT2D eigenvalue weighted by Crippen LogP contribution is -1.92. The minimum absolute atomic E-state index is 0.103. The van der Waals surface area contributed by atoms with Crippen molar-refractivity contribution < 1.29 is 18.7 Å². The number of rotatable bonds is 2. The fourth-order valence-electron chi connectivity index (χ4n) is 1.44. The Balaban J connectivity index is 2.52. The number of hydrogen-bond donors (Lipinski definition) is 1. The lowest BCUT2D eigenvalue weighted by Gasteiger charge is -2.03. The number of aromatic carboxylic acids is 1. The van der Waals surface area contributed by atoms with Gasteiger partial charge in [-0.05, 0) is 24.6 Å². The highest BCUT2D eigenvalue weighted by Crippen LogP contribution is 2.31. The normalized spacial score (nSPS) is 10.5. The van der Waals surface area contributed by atoms with E-state index >= 15 is 0 Å². The second-order valence-corrected chi connectivity index (χ2v) is 4.50. The van der Waals surface area contributed by atoms with E-state index in [0.717, 1.165) is 17.4 Å². The number of halogens is 2. The van der Waals surface area contributed by atoms with E-state index in [1.807, 2.05) is 0 Å². The van der Waals surface area contributed by atoms with Crippen LogP contribution in [0.3, 0.4) is 0 Å². The van der Waals surface area contributed by atoms with Gasteiger partial charge in [0.1, 0.15) is 11.6 Å². The first-order chi connectivity index (χ1) is 7.99. The Labute approximate surface area is 100 Å². The molecule has 2 nitrogen and oxygen atoms in total. The predicted molar refractivity (Wildman–Crippen MR) is 61.4 cm³/mol. The van der Waals surface area contributed by atoms with Crippen molar-refractivity contribution in [1.82, 2.24) is 0 Å². The van der Waals surface area contributed by atoms with E-state index in [4.69, 9.17) is 5.11 Å². The number of carboxylic acid groups (broad SMARTS) is 1. The minimum Gasteiger partial charge on any atom is -0.478 e. The van der Waals surface area contributed by atoms with Crippen LogP contribution in [0.2, 0.25) is 0 Å². The summed E-state index contributed by atoms with van der Waals surface area (Å²) in [4.78, 5) is 11.2. The van der Waals surface area contributed by atoms with Crippen molar-refractivity contribution in [2.75, 3.05) is 0 Å². The molecule has 5 heteroatoms. The molecule has 0 atom stereocenters. The number of benzene rings is 1. The van der Waals surface area contributed by atoms with Gasteiger partial charge in [-0.1, -0.05) is 0 Å². The molecule has 0 fully saturated rings. The molecule has 0 spiro atoms. The van der Waals surface area contributed by atoms with Crippen molar-refractivity contribution >= 4 is 17.3 Å². The summed E-state index contributed by atoms with van der Waals surface area (Å²) in [6, 6.07) is 3.57. The summed E-state index contributed by atoms with van der Waals surface area (Å²) < 4.78 is 26.6. The van der Waals surface area contributed by atoms with E-state index in [9.17, 15) is 13.6 Å². The summed E-state index contributed by atoms with van der Waals surface area (Å²) in [7, 11) is 0. The lowest BCUT2D eigenvalue weighted by molar-refractivity contribution is 0.0697. The number of thiophene rings is 1. The Kier molecular flexibility index (Phi) is 2.93. The van der Waals surface area contributed by atoms with Crippen LogP contribution in [0.5, 0.6) is 0 Å². The van der Waals surface area contributed by atoms with Crippen LogP contribution in [0.1, 0.15) is 15.9 Å². The van der Waals surface area contributed by atoms with E-state index < -0.39 is 17.6 Å². The van der Waals surface area contributed by atoms with Crippen LogP contribution < -0.4 is 0 Å². The lowest BCUT2D eigenvalue weighted by atomic mass is 10.1. The van der Waals surface area contributed by atoms with Gasteiger partial charge < -0.3 is 5.11 Å². The van der Waals surface area contributed by atoms with Crippen molar-refractivity contribution in [2.45, 2.75) is 6.92 Å². The molecule has 0 saturated heterocycles. The maximum absolute atomic E-state index is 13.5. The van der Waals surface area contributed by atoms with Gasteiger partial charge in [0.05, 0.1) is 5.56 Å². The molecule has 17 heavy (non-hydrogen) atoms. The monoisotopic (exact) mass is 254 g/mol. The highest BCUT2D eigenvalue weighted by molar-refractivity contribution is 7.13. The molecule has 2 aromatic rings. The highest BCUT2D eigenvalue weighted by atomic mass is 32.1. The molecule has 0 radical (unpaired) electrons. The molecule has 0 aliphatic carbocycles. The molecular formula is C12H8F2O2S. The van der Waals surface area contributed by atoms with Gasteiger partial charge in [-0.25, -0.2) is 13.6 Å². The van der Waals surface area contributed by atoms with Crippen LogP contribution in [-0.4, -0.2) is 11.1 Å². The first-order valence-electron chi connectivity index (χ1n) is 4.77. The van der Waals surface area contributed by atoms with Gasteiger partial charge >= 0.3 is 5.97 Å². The van der Waals surface area contributed by atoms with Gasteiger partial charge in [-0.3, -0.25) is 0 Å². The zero-order chi connectivity index (χ0) is 12.6. The van der Waals surface area contributed by atoms with Crippen molar-refractivity contribution in [3.05, 3.63) is 46.3 Å². The largest absolute Gasteiger partial charge is 0.478 e. The molecule has 0 bridgehead atoms. The number of aryl methyl sites for hydroxylation is 1. The highest BCUT2D eigenvalue weighted by Gasteiger charge is 2.13. The maximum atomic E-state index is 13.5. The third-order valence-electron chi connectivity index (χ3n) is 2.36. The number of hydrogen-bond acceptors (Lipinski definition) is 2. The van der Waals surface area contributed by atoms with E-state index in [-0.39, 0.29) is 11.1 Å². The van der Waals surface area contributed by atoms with Crippen LogP contribution in [0.25, 0.3) is 10.4 Å². The van der Waals surface area contributed by atoms with Gasteiger partial charge in [0.25, 0.3) is 0 Å². The van der Waals surface area contributed by atoms with Crippen LogP contribution >= 0.6 is 11.3 Å².